The first-order valence-electron chi connectivity index (χ1n) is 4.25. The van der Waals surface area contributed by atoms with Crippen LogP contribution in [0.15, 0.2) is 23.1 Å². The van der Waals surface area contributed by atoms with Crippen molar-refractivity contribution in [3.63, 3.8) is 0 Å². The van der Waals surface area contributed by atoms with Gasteiger partial charge in [0.2, 0.25) is 0 Å². The molecule has 0 saturated carbocycles. The van der Waals surface area contributed by atoms with Crippen LogP contribution in [0.4, 0.5) is 0 Å². The molecule has 0 aliphatic carbocycles. The quantitative estimate of drug-likeness (QED) is 0.683. The minimum Gasteiger partial charge on any atom is -0.378 e. The lowest BCUT2D eigenvalue weighted by Crippen LogP contribution is -2.19. The highest BCUT2D eigenvalue weighted by atomic mass is 16.5. The molecule has 0 fully saturated rings. The van der Waals surface area contributed by atoms with Gasteiger partial charge < -0.3 is 4.74 Å². The van der Waals surface area contributed by atoms with Gasteiger partial charge in [-0.15, -0.1) is 0 Å². The van der Waals surface area contributed by atoms with E-state index in [0.29, 0.717) is 17.9 Å². The summed E-state index contributed by atoms with van der Waals surface area (Å²) < 4.78 is 8.12. The monoisotopic (exact) mass is 193 g/mol. The molecule has 0 spiro atoms. The van der Waals surface area contributed by atoms with Crippen LogP contribution in [0.25, 0.3) is 5.65 Å². The summed E-state index contributed by atoms with van der Waals surface area (Å²) in [5, 5.41) is 0. The summed E-state index contributed by atoms with van der Waals surface area (Å²) in [5.41, 5.74) is 1.21. The van der Waals surface area contributed by atoms with E-state index in [1.807, 2.05) is 0 Å². The molecule has 0 unspecified atom stereocenters. The Labute approximate surface area is 80.5 Å². The molecular weight excluding hydrogens is 182 g/mol. The Kier molecular flexibility index (Phi) is 2.09. The van der Waals surface area contributed by atoms with Gasteiger partial charge in [0.05, 0.1) is 12.3 Å². The topological polar surface area (TPSA) is 48.5 Å². The molecule has 0 aliphatic heterocycles. The second-order valence-corrected chi connectivity index (χ2v) is 3.08. The van der Waals surface area contributed by atoms with Crippen molar-refractivity contribution in [3.05, 3.63) is 34.4 Å². The van der Waals surface area contributed by atoms with Crippen LogP contribution < -0.4 is 5.56 Å². The molecule has 0 N–H and O–H groups in total. The predicted molar refractivity (Wildman–Crippen MR) is 51.1 cm³/mol. The molecule has 5 nitrogen and oxygen atoms in total. The second-order valence-electron chi connectivity index (χ2n) is 3.08. The molecule has 74 valence electrons. The van der Waals surface area contributed by atoms with Gasteiger partial charge in [-0.3, -0.25) is 9.48 Å². The first-order chi connectivity index (χ1) is 6.72. The maximum Gasteiger partial charge on any atom is 0.273 e. The zero-order chi connectivity index (χ0) is 10.1. The lowest BCUT2D eigenvalue weighted by atomic mass is 10.4. The number of hydrogen-bond acceptors (Lipinski definition) is 3. The van der Waals surface area contributed by atoms with Crippen molar-refractivity contribution in [1.82, 2.24) is 14.2 Å². The normalized spacial score (nSPS) is 11.0. The van der Waals surface area contributed by atoms with E-state index in [4.69, 9.17) is 4.74 Å². The van der Waals surface area contributed by atoms with Crippen LogP contribution in [-0.4, -0.2) is 21.3 Å². The van der Waals surface area contributed by atoms with Crippen molar-refractivity contribution in [3.8, 4) is 0 Å². The summed E-state index contributed by atoms with van der Waals surface area (Å²) >= 11 is 0. The molecule has 0 amide bonds. The second kappa shape index (κ2) is 3.26. The number of nitrogens with zero attached hydrogens (tertiary/aromatic N) is 3. The highest BCUT2D eigenvalue weighted by molar-refractivity contribution is 5.36. The van der Waals surface area contributed by atoms with E-state index in [-0.39, 0.29) is 5.56 Å². The van der Waals surface area contributed by atoms with Crippen molar-refractivity contribution >= 4 is 5.65 Å². The molecule has 2 aromatic heterocycles. The SMILES string of the molecule is COCc1cc(=O)n2c(ccn2C)n1. The molecular formula is C9H11N3O2. The molecule has 0 radical (unpaired) electrons. The Morgan fingerprint density at radius 3 is 3.07 bits per heavy atom. The van der Waals surface area contributed by atoms with Crippen molar-refractivity contribution in [2.24, 2.45) is 7.05 Å². The molecule has 0 saturated heterocycles. The zero-order valence-corrected chi connectivity index (χ0v) is 8.10. The third kappa shape index (κ3) is 1.31. The van der Waals surface area contributed by atoms with Crippen LogP contribution in [0.2, 0.25) is 0 Å². The van der Waals surface area contributed by atoms with Gasteiger partial charge in [0.15, 0.2) is 5.65 Å². The van der Waals surface area contributed by atoms with Crippen molar-refractivity contribution < 1.29 is 4.74 Å². The first kappa shape index (κ1) is 8.96. The largest absolute Gasteiger partial charge is 0.378 e. The van der Waals surface area contributed by atoms with Crippen LogP contribution >= 0.6 is 0 Å². The Morgan fingerprint density at radius 2 is 2.36 bits per heavy atom. The summed E-state index contributed by atoms with van der Waals surface area (Å²) in [6.45, 7) is 0.362. The number of aryl methyl sites for hydroxylation is 1. The number of methoxy groups -OCH3 is 1. The molecule has 2 aromatic rings. The molecule has 0 atom stereocenters. The predicted octanol–water partition coefficient (Wildman–Crippen LogP) is 0.179. The minimum absolute atomic E-state index is 0.0884. The van der Waals surface area contributed by atoms with Crippen molar-refractivity contribution in [2.45, 2.75) is 6.61 Å². The Bertz CT molecular complexity index is 512. The van der Waals surface area contributed by atoms with Gasteiger partial charge in [-0.05, 0) is 0 Å². The Morgan fingerprint density at radius 1 is 1.57 bits per heavy atom. The number of rotatable bonds is 2. The van der Waals surface area contributed by atoms with E-state index < -0.39 is 0 Å². The van der Waals surface area contributed by atoms with E-state index in [0.717, 1.165) is 0 Å². The summed E-state index contributed by atoms with van der Waals surface area (Å²) in [6, 6.07) is 3.27. The average molecular weight is 193 g/mol. The maximum absolute atomic E-state index is 11.6. The third-order valence-corrected chi connectivity index (χ3v) is 2.02. The molecule has 0 aromatic carbocycles. The fourth-order valence-electron chi connectivity index (χ4n) is 1.43. The van der Waals surface area contributed by atoms with Gasteiger partial charge in [-0.1, -0.05) is 0 Å². The lowest BCUT2D eigenvalue weighted by Gasteiger charge is -2.01. The molecule has 0 bridgehead atoms. The van der Waals surface area contributed by atoms with Gasteiger partial charge in [-0.2, -0.15) is 4.52 Å². The van der Waals surface area contributed by atoms with Crippen LogP contribution in [0.1, 0.15) is 5.69 Å². The van der Waals surface area contributed by atoms with Crippen LogP contribution in [0.5, 0.6) is 0 Å². The molecule has 0 aliphatic rings. The highest BCUT2D eigenvalue weighted by Gasteiger charge is 2.03. The molecule has 5 heteroatoms. The smallest absolute Gasteiger partial charge is 0.273 e. The fraction of sp³-hybridized carbons (Fsp3) is 0.333. The summed E-state index contributed by atoms with van der Waals surface area (Å²) in [4.78, 5) is 15.9. The van der Waals surface area contributed by atoms with E-state index in [1.165, 1.54) is 10.6 Å². The third-order valence-electron chi connectivity index (χ3n) is 2.02. The van der Waals surface area contributed by atoms with Gasteiger partial charge >= 0.3 is 0 Å². The molecule has 2 heterocycles. The highest BCUT2D eigenvalue weighted by Crippen LogP contribution is 1.99. The zero-order valence-electron chi connectivity index (χ0n) is 8.10. The van der Waals surface area contributed by atoms with Gasteiger partial charge in [-0.25, -0.2) is 4.98 Å². The minimum atomic E-state index is -0.0884. The molecule has 14 heavy (non-hydrogen) atoms. The standard InChI is InChI=1S/C9H11N3O2/c1-11-4-3-8-10-7(6-14-2)5-9(13)12(8)11/h3-5H,6H2,1-2H3. The van der Waals surface area contributed by atoms with Gasteiger partial charge in [0.1, 0.15) is 0 Å². The summed E-state index contributed by atoms with van der Waals surface area (Å²) in [7, 11) is 3.38. The summed E-state index contributed by atoms with van der Waals surface area (Å²) in [6.07, 6.45) is 1.79. The van der Waals surface area contributed by atoms with E-state index in [1.54, 1.807) is 31.1 Å². The molecule has 2 rings (SSSR count). The van der Waals surface area contributed by atoms with Gasteiger partial charge in [0, 0.05) is 32.5 Å². The Hall–Kier alpha value is -1.62. The number of fused-ring (bicyclic) bond motifs is 1. The van der Waals surface area contributed by atoms with Crippen molar-refractivity contribution in [1.29, 1.82) is 0 Å². The number of hydrogen-bond donors (Lipinski definition) is 0. The van der Waals surface area contributed by atoms with Crippen molar-refractivity contribution in [2.75, 3.05) is 7.11 Å². The number of aromatic nitrogens is 3. The maximum atomic E-state index is 11.6. The lowest BCUT2D eigenvalue weighted by molar-refractivity contribution is 0.181. The van der Waals surface area contributed by atoms with Crippen LogP contribution in [-0.2, 0) is 18.4 Å². The fourth-order valence-corrected chi connectivity index (χ4v) is 1.43. The van der Waals surface area contributed by atoms with E-state index in [9.17, 15) is 4.79 Å². The first-order valence-corrected chi connectivity index (χ1v) is 4.25. The van der Waals surface area contributed by atoms with Crippen LogP contribution in [0.3, 0.4) is 0 Å². The van der Waals surface area contributed by atoms with Gasteiger partial charge in [0.25, 0.3) is 5.56 Å². The van der Waals surface area contributed by atoms with E-state index in [2.05, 4.69) is 4.98 Å². The average Bonchev–Trinajstić information content (AvgIpc) is 2.48. The van der Waals surface area contributed by atoms with E-state index >= 15 is 0 Å². The summed E-state index contributed by atoms with van der Waals surface area (Å²) in [5.74, 6) is 0. The number of ether oxygens (including phenoxy) is 1. The Balaban J connectivity index is 2.68. The van der Waals surface area contributed by atoms with Crippen LogP contribution in [0, 0.1) is 0 Å².